The minimum Gasteiger partial charge on any atom is -0.220 e. The van der Waals surface area contributed by atoms with Gasteiger partial charge in [-0.1, -0.05) is 39.0 Å². The van der Waals surface area contributed by atoms with E-state index in [2.05, 4.69) is 66.4 Å². The predicted molar refractivity (Wildman–Crippen MR) is 85.7 cm³/mol. The molecule has 0 spiro atoms. The summed E-state index contributed by atoms with van der Waals surface area (Å²) in [6.07, 6.45) is 2.30. The Morgan fingerprint density at radius 1 is 1.16 bits per heavy atom. The average molecular weight is 340 g/mol. The molecule has 2 aromatic rings. The summed E-state index contributed by atoms with van der Waals surface area (Å²) < 4.78 is 4.80. The summed E-state index contributed by atoms with van der Waals surface area (Å²) in [5, 5.41) is 1.37. The number of hydrogen-bond donors (Lipinski definition) is 0. The first-order chi connectivity index (χ1) is 8.57. The van der Waals surface area contributed by atoms with Crippen LogP contribution < -0.4 is 4.57 Å². The highest BCUT2D eigenvalue weighted by Crippen LogP contribution is 2.31. The summed E-state index contributed by atoms with van der Waals surface area (Å²) in [5.74, 6) is 1.19. The maximum atomic E-state index is 2.47. The zero-order chi connectivity index (χ0) is 12.8. The summed E-state index contributed by atoms with van der Waals surface area (Å²) in [6.45, 7) is 7.99. The highest BCUT2D eigenvalue weighted by atomic mass is 79.9. The lowest BCUT2D eigenvalue weighted by atomic mass is 9.92. The molecule has 1 aromatic heterocycles. The van der Waals surface area contributed by atoms with Gasteiger partial charge < -0.3 is 0 Å². The van der Waals surface area contributed by atoms with Gasteiger partial charge in [-0.15, -0.1) is 17.0 Å². The van der Waals surface area contributed by atoms with Gasteiger partial charge in [0.05, 0.1) is 0 Å². The van der Waals surface area contributed by atoms with Gasteiger partial charge in [0.1, 0.15) is 24.1 Å². The number of imidazole rings is 1. The average Bonchev–Trinajstić information content (AvgIpc) is 2.89. The van der Waals surface area contributed by atoms with Crippen LogP contribution in [0.25, 0.3) is 5.69 Å². The van der Waals surface area contributed by atoms with Gasteiger partial charge in [-0.2, -0.15) is 4.57 Å². The first-order valence-corrected chi connectivity index (χ1v) is 7.40. The Morgan fingerprint density at radius 2 is 1.84 bits per heavy atom. The molecule has 0 unspecified atom stereocenters. The topological polar surface area (TPSA) is 8.81 Å². The zero-order valence-corrected chi connectivity index (χ0v) is 14.1. The van der Waals surface area contributed by atoms with Crippen molar-refractivity contribution < 1.29 is 4.57 Å². The van der Waals surface area contributed by atoms with Crippen molar-refractivity contribution in [3.63, 3.8) is 0 Å². The third-order valence-corrected chi connectivity index (χ3v) is 4.39. The Morgan fingerprint density at radius 3 is 2.47 bits per heavy atom. The van der Waals surface area contributed by atoms with Crippen LogP contribution in [0.2, 0.25) is 0 Å². The molecule has 0 amide bonds. The smallest absolute Gasteiger partial charge is 0.220 e. The van der Waals surface area contributed by atoms with Crippen LogP contribution in [-0.4, -0.2) is 10.3 Å². The van der Waals surface area contributed by atoms with E-state index in [-0.39, 0.29) is 22.4 Å². The fourth-order valence-corrected chi connectivity index (χ4v) is 3.54. The normalized spacial score (nSPS) is 14.1. The van der Waals surface area contributed by atoms with E-state index in [0.29, 0.717) is 0 Å². The lowest BCUT2D eigenvalue weighted by molar-refractivity contribution is -0.636. The molecule has 0 bridgehead atoms. The standard InChI is InChI=1S/C15H19N2S.BrH/c1-15(2,3)13-11-17(12-7-5-4-6-8-12)14-16(13)9-10-18-14;/h4-8,11H,9-10H2,1-3H3;1H/q+1;. The second-order valence-electron chi connectivity index (χ2n) is 5.75. The van der Waals surface area contributed by atoms with Crippen molar-refractivity contribution in [1.29, 1.82) is 0 Å². The third kappa shape index (κ3) is 2.61. The minimum absolute atomic E-state index is 0. The minimum atomic E-state index is 0. The molecular weight excluding hydrogens is 320 g/mol. The Balaban J connectivity index is 0.00000133. The molecule has 1 aliphatic heterocycles. The molecule has 2 nitrogen and oxygen atoms in total. The van der Waals surface area contributed by atoms with Crippen LogP contribution in [0.3, 0.4) is 0 Å². The maximum absolute atomic E-state index is 2.47. The SMILES string of the molecule is Br.CC(C)(C)c1c[n+](-c2ccccc2)c2n1CCS2. The number of thioether (sulfide) groups is 1. The summed E-state index contributed by atoms with van der Waals surface area (Å²) in [7, 11) is 0. The lowest BCUT2D eigenvalue weighted by Gasteiger charge is -2.14. The van der Waals surface area contributed by atoms with E-state index >= 15 is 0 Å². The van der Waals surface area contributed by atoms with E-state index in [0.717, 1.165) is 6.54 Å². The van der Waals surface area contributed by atoms with Gasteiger partial charge in [0.2, 0.25) is 0 Å². The molecule has 0 saturated heterocycles. The van der Waals surface area contributed by atoms with Crippen molar-refractivity contribution in [3.8, 4) is 5.69 Å². The van der Waals surface area contributed by atoms with E-state index < -0.39 is 0 Å². The predicted octanol–water partition coefficient (Wildman–Crippen LogP) is 3.75. The zero-order valence-electron chi connectivity index (χ0n) is 11.6. The number of fused-ring (bicyclic) bond motifs is 1. The van der Waals surface area contributed by atoms with Gasteiger partial charge in [-0.3, -0.25) is 0 Å². The molecular formula is C15H20BrN2S+. The highest BCUT2D eigenvalue weighted by molar-refractivity contribution is 8.93. The molecule has 4 heteroatoms. The molecule has 0 radical (unpaired) electrons. The van der Waals surface area contributed by atoms with Crippen molar-refractivity contribution >= 4 is 28.7 Å². The fourth-order valence-electron chi connectivity index (χ4n) is 2.44. The van der Waals surface area contributed by atoms with Crippen LogP contribution in [0.4, 0.5) is 0 Å². The van der Waals surface area contributed by atoms with Crippen molar-refractivity contribution in [2.45, 2.75) is 37.9 Å². The third-order valence-electron chi connectivity index (χ3n) is 3.33. The van der Waals surface area contributed by atoms with Crippen molar-refractivity contribution in [2.75, 3.05) is 5.75 Å². The molecule has 102 valence electrons. The van der Waals surface area contributed by atoms with E-state index in [1.54, 1.807) is 0 Å². The van der Waals surface area contributed by atoms with Crippen LogP contribution in [0, 0.1) is 0 Å². The van der Waals surface area contributed by atoms with Gasteiger partial charge in [0.15, 0.2) is 0 Å². The molecule has 19 heavy (non-hydrogen) atoms. The summed E-state index contributed by atoms with van der Waals surface area (Å²) in [5.41, 5.74) is 2.87. The Bertz CT molecular complexity index is 570. The van der Waals surface area contributed by atoms with Gasteiger partial charge in [-0.05, 0) is 23.9 Å². The molecule has 0 fully saturated rings. The molecule has 0 N–H and O–H groups in total. The first-order valence-electron chi connectivity index (χ1n) is 6.41. The fraction of sp³-hybridized carbons (Fsp3) is 0.400. The van der Waals surface area contributed by atoms with Gasteiger partial charge in [-0.25, -0.2) is 4.57 Å². The number of hydrogen-bond acceptors (Lipinski definition) is 1. The monoisotopic (exact) mass is 339 g/mol. The van der Waals surface area contributed by atoms with Crippen LogP contribution in [-0.2, 0) is 12.0 Å². The largest absolute Gasteiger partial charge is 0.323 e. The second-order valence-corrected chi connectivity index (χ2v) is 6.81. The summed E-state index contributed by atoms with van der Waals surface area (Å²) in [4.78, 5) is 0. The Hall–Kier alpha value is -0.740. The van der Waals surface area contributed by atoms with Crippen LogP contribution >= 0.6 is 28.7 Å². The summed E-state index contributed by atoms with van der Waals surface area (Å²) in [6, 6.07) is 10.6. The summed E-state index contributed by atoms with van der Waals surface area (Å²) >= 11 is 1.95. The van der Waals surface area contributed by atoms with E-state index in [4.69, 9.17) is 0 Å². The number of aromatic nitrogens is 2. The number of nitrogens with zero attached hydrogens (tertiary/aromatic N) is 2. The first kappa shape index (κ1) is 14.7. The van der Waals surface area contributed by atoms with Crippen LogP contribution in [0.15, 0.2) is 41.7 Å². The van der Waals surface area contributed by atoms with E-state index in [1.807, 2.05) is 11.8 Å². The van der Waals surface area contributed by atoms with Gasteiger partial charge in [0.25, 0.3) is 0 Å². The van der Waals surface area contributed by atoms with Gasteiger partial charge >= 0.3 is 5.16 Å². The molecule has 1 aromatic carbocycles. The molecule has 3 rings (SSSR count). The Labute approximate surface area is 129 Å². The molecule has 0 saturated carbocycles. The van der Waals surface area contributed by atoms with Crippen molar-refractivity contribution in [1.82, 2.24) is 4.57 Å². The number of benzene rings is 1. The molecule has 0 atom stereocenters. The molecule has 1 aliphatic rings. The lowest BCUT2D eigenvalue weighted by Crippen LogP contribution is -2.30. The van der Waals surface area contributed by atoms with Crippen LogP contribution in [0.5, 0.6) is 0 Å². The van der Waals surface area contributed by atoms with Crippen LogP contribution in [0.1, 0.15) is 26.5 Å². The van der Waals surface area contributed by atoms with E-state index in [1.165, 1.54) is 22.3 Å². The number of para-hydroxylation sites is 1. The number of halogens is 1. The Kier molecular flexibility index (Phi) is 4.11. The second kappa shape index (κ2) is 5.33. The van der Waals surface area contributed by atoms with Gasteiger partial charge in [0, 0.05) is 11.2 Å². The highest BCUT2D eigenvalue weighted by Gasteiger charge is 2.34. The van der Waals surface area contributed by atoms with Crippen molar-refractivity contribution in [2.24, 2.45) is 0 Å². The maximum Gasteiger partial charge on any atom is 0.323 e. The number of rotatable bonds is 1. The molecule has 2 heterocycles. The van der Waals surface area contributed by atoms with E-state index in [9.17, 15) is 0 Å². The quantitative estimate of drug-likeness (QED) is 0.719. The molecule has 0 aliphatic carbocycles. The van der Waals surface area contributed by atoms with Crippen molar-refractivity contribution in [3.05, 3.63) is 42.2 Å².